The van der Waals surface area contributed by atoms with Gasteiger partial charge in [0.05, 0.1) is 27.4 Å². The van der Waals surface area contributed by atoms with Crippen LogP contribution in [0.4, 0.5) is 0 Å². The lowest BCUT2D eigenvalue weighted by Crippen LogP contribution is -2.26. The molecule has 0 saturated carbocycles. The van der Waals surface area contributed by atoms with Crippen molar-refractivity contribution in [3.8, 4) is 11.5 Å². The van der Waals surface area contributed by atoms with Gasteiger partial charge in [0.15, 0.2) is 0 Å². The van der Waals surface area contributed by atoms with Gasteiger partial charge < -0.3 is 14.2 Å². The lowest BCUT2D eigenvalue weighted by atomic mass is 10.3. The van der Waals surface area contributed by atoms with E-state index in [0.29, 0.717) is 5.75 Å². The molecule has 0 aliphatic carbocycles. The Morgan fingerprint density at radius 3 is 2.42 bits per heavy atom. The Labute approximate surface area is 112 Å². The van der Waals surface area contributed by atoms with Crippen molar-refractivity contribution in [2.45, 2.75) is 4.90 Å². The van der Waals surface area contributed by atoms with E-state index in [0.717, 1.165) is 0 Å². The fourth-order valence-electron chi connectivity index (χ4n) is 1.29. The van der Waals surface area contributed by atoms with Crippen LogP contribution in [-0.2, 0) is 19.6 Å². The monoisotopic (exact) mass is 291 g/mol. The van der Waals surface area contributed by atoms with Gasteiger partial charge in [0.25, 0.3) is 10.0 Å². The molecular weight excluding hydrogens is 274 g/mol. The van der Waals surface area contributed by atoms with Crippen LogP contribution in [0.5, 0.6) is 11.5 Å². The van der Waals surface area contributed by atoms with Gasteiger partial charge >= 0.3 is 0 Å². The highest BCUT2D eigenvalue weighted by Crippen LogP contribution is 2.28. The van der Waals surface area contributed by atoms with Crippen LogP contribution in [0.2, 0.25) is 0 Å². The van der Waals surface area contributed by atoms with Crippen LogP contribution in [0.3, 0.4) is 0 Å². The van der Waals surface area contributed by atoms with Gasteiger partial charge in [-0.2, -0.15) is 0 Å². The Morgan fingerprint density at radius 2 is 1.84 bits per heavy atom. The van der Waals surface area contributed by atoms with Gasteiger partial charge in [-0.25, -0.2) is 8.42 Å². The van der Waals surface area contributed by atoms with Crippen molar-refractivity contribution < 1.29 is 27.5 Å². The molecule has 108 valence electrons. The SMILES string of the molecule is COCCONS(=O)(=O)c1ccc(OC)cc1OC. The fourth-order valence-corrected chi connectivity index (χ4v) is 2.27. The summed E-state index contributed by atoms with van der Waals surface area (Å²) in [5.74, 6) is 0.665. The first kappa shape index (κ1) is 15.7. The number of hydrogen-bond donors (Lipinski definition) is 1. The minimum atomic E-state index is -3.82. The first-order valence-corrected chi connectivity index (χ1v) is 6.88. The third kappa shape index (κ3) is 4.35. The molecule has 7 nitrogen and oxygen atoms in total. The molecular formula is C11H17NO6S. The zero-order chi connectivity index (χ0) is 14.3. The number of rotatable bonds is 8. The zero-order valence-corrected chi connectivity index (χ0v) is 11.8. The van der Waals surface area contributed by atoms with Gasteiger partial charge in [-0.15, -0.1) is 0 Å². The maximum atomic E-state index is 12.0. The third-order valence-corrected chi connectivity index (χ3v) is 3.47. The third-order valence-electron chi connectivity index (χ3n) is 2.22. The van der Waals surface area contributed by atoms with Gasteiger partial charge in [0.1, 0.15) is 16.4 Å². The zero-order valence-electron chi connectivity index (χ0n) is 11.0. The molecule has 0 heterocycles. The van der Waals surface area contributed by atoms with Crippen molar-refractivity contribution in [1.82, 2.24) is 4.89 Å². The number of sulfonamides is 1. The standard InChI is InChI=1S/C11H17NO6S/c1-15-6-7-18-12-19(13,14)11-5-4-9(16-2)8-10(11)17-3/h4-5,8,12H,6-7H2,1-3H3. The maximum Gasteiger partial charge on any atom is 0.266 e. The van der Waals surface area contributed by atoms with Crippen LogP contribution < -0.4 is 14.4 Å². The van der Waals surface area contributed by atoms with Crippen LogP contribution in [0.15, 0.2) is 23.1 Å². The molecule has 0 radical (unpaired) electrons. The van der Waals surface area contributed by atoms with E-state index in [1.807, 2.05) is 4.89 Å². The Kier molecular flexibility index (Phi) is 6.03. The molecule has 0 spiro atoms. The Hall–Kier alpha value is -1.35. The van der Waals surface area contributed by atoms with E-state index in [9.17, 15) is 8.42 Å². The lowest BCUT2D eigenvalue weighted by molar-refractivity contribution is 0.0438. The summed E-state index contributed by atoms with van der Waals surface area (Å²) in [5.41, 5.74) is 0. The normalized spacial score (nSPS) is 11.3. The molecule has 1 aromatic rings. The highest BCUT2D eigenvalue weighted by atomic mass is 32.2. The van der Waals surface area contributed by atoms with E-state index >= 15 is 0 Å². The fraction of sp³-hybridized carbons (Fsp3) is 0.455. The van der Waals surface area contributed by atoms with Gasteiger partial charge in [-0.3, -0.25) is 4.84 Å². The number of nitrogens with one attached hydrogen (secondary N) is 1. The molecule has 0 fully saturated rings. The van der Waals surface area contributed by atoms with Crippen LogP contribution in [0.25, 0.3) is 0 Å². The quantitative estimate of drug-likeness (QED) is 0.556. The number of methoxy groups -OCH3 is 3. The molecule has 0 atom stereocenters. The van der Waals surface area contributed by atoms with E-state index in [1.54, 1.807) is 0 Å². The van der Waals surface area contributed by atoms with Crippen molar-refractivity contribution in [2.75, 3.05) is 34.5 Å². The van der Waals surface area contributed by atoms with Crippen molar-refractivity contribution in [3.05, 3.63) is 18.2 Å². The number of benzene rings is 1. The predicted molar refractivity (Wildman–Crippen MR) is 67.7 cm³/mol. The molecule has 1 N–H and O–H groups in total. The van der Waals surface area contributed by atoms with E-state index in [2.05, 4.69) is 0 Å². The molecule has 0 aromatic heterocycles. The first-order valence-electron chi connectivity index (χ1n) is 5.39. The topological polar surface area (TPSA) is 83.1 Å². The van der Waals surface area contributed by atoms with E-state index in [4.69, 9.17) is 19.0 Å². The Bertz CT molecular complexity index is 502. The van der Waals surface area contributed by atoms with Gasteiger partial charge in [-0.05, 0) is 12.1 Å². The predicted octanol–water partition coefficient (Wildman–Crippen LogP) is 0.560. The average Bonchev–Trinajstić information content (AvgIpc) is 2.42. The Balaban J connectivity index is 2.88. The van der Waals surface area contributed by atoms with Crippen LogP contribution in [0, 0.1) is 0 Å². The second-order valence-corrected chi connectivity index (χ2v) is 5.06. The van der Waals surface area contributed by atoms with Crippen LogP contribution in [0.1, 0.15) is 0 Å². The van der Waals surface area contributed by atoms with Crippen molar-refractivity contribution >= 4 is 10.0 Å². The van der Waals surface area contributed by atoms with E-state index < -0.39 is 10.0 Å². The molecule has 0 unspecified atom stereocenters. The van der Waals surface area contributed by atoms with Gasteiger partial charge in [-0.1, -0.05) is 4.89 Å². The molecule has 1 rings (SSSR count). The number of ether oxygens (including phenoxy) is 3. The maximum absolute atomic E-state index is 12.0. The molecule has 8 heteroatoms. The minimum absolute atomic E-state index is 0.0341. The summed E-state index contributed by atoms with van der Waals surface area (Å²) in [6.07, 6.45) is 0. The largest absolute Gasteiger partial charge is 0.497 e. The average molecular weight is 291 g/mol. The van der Waals surface area contributed by atoms with Crippen molar-refractivity contribution in [2.24, 2.45) is 0 Å². The molecule has 1 aromatic carbocycles. The van der Waals surface area contributed by atoms with E-state index in [1.165, 1.54) is 39.5 Å². The van der Waals surface area contributed by atoms with Crippen LogP contribution >= 0.6 is 0 Å². The summed E-state index contributed by atoms with van der Waals surface area (Å²) in [6.45, 7) is 0.385. The van der Waals surface area contributed by atoms with Gasteiger partial charge in [0.2, 0.25) is 0 Å². The van der Waals surface area contributed by atoms with Crippen molar-refractivity contribution in [1.29, 1.82) is 0 Å². The molecule has 0 aliphatic heterocycles. The summed E-state index contributed by atoms with van der Waals surface area (Å²) < 4.78 is 38.7. The highest BCUT2D eigenvalue weighted by molar-refractivity contribution is 7.89. The Morgan fingerprint density at radius 1 is 1.11 bits per heavy atom. The smallest absolute Gasteiger partial charge is 0.266 e. The van der Waals surface area contributed by atoms with Crippen LogP contribution in [-0.4, -0.2) is 43.0 Å². The summed E-state index contributed by atoms with van der Waals surface area (Å²) in [5, 5.41) is 0. The second kappa shape index (κ2) is 7.29. The molecule has 0 bridgehead atoms. The van der Waals surface area contributed by atoms with Gasteiger partial charge in [0, 0.05) is 13.2 Å². The van der Waals surface area contributed by atoms with E-state index in [-0.39, 0.29) is 23.9 Å². The molecule has 19 heavy (non-hydrogen) atoms. The summed E-state index contributed by atoms with van der Waals surface area (Å²) in [6, 6.07) is 4.37. The number of hydrogen-bond acceptors (Lipinski definition) is 6. The highest BCUT2D eigenvalue weighted by Gasteiger charge is 2.20. The summed E-state index contributed by atoms with van der Waals surface area (Å²) in [7, 11) is 0.529. The summed E-state index contributed by atoms with van der Waals surface area (Å²) >= 11 is 0. The first-order chi connectivity index (χ1) is 9.05. The lowest BCUT2D eigenvalue weighted by Gasteiger charge is -2.11. The van der Waals surface area contributed by atoms with Crippen molar-refractivity contribution in [3.63, 3.8) is 0 Å². The summed E-state index contributed by atoms with van der Waals surface area (Å²) in [4.78, 5) is 6.76. The second-order valence-electron chi connectivity index (χ2n) is 3.44. The molecule has 0 saturated heterocycles. The molecule has 0 aliphatic rings. The molecule has 0 amide bonds. The minimum Gasteiger partial charge on any atom is -0.497 e.